The van der Waals surface area contributed by atoms with E-state index in [0.29, 0.717) is 15.8 Å². The standard InChI is InChI=1S/C9H11ClN2O3S/c1-5(2)12(4-13)7(9(14)15)8-11-3-6(10)16-8/h3-5,7H,1-2H3,(H,14,15). The third-order valence-corrected chi connectivity index (χ3v) is 3.15. The van der Waals surface area contributed by atoms with Gasteiger partial charge < -0.3 is 10.0 Å². The zero-order valence-corrected chi connectivity index (χ0v) is 10.3. The second-order valence-electron chi connectivity index (χ2n) is 3.39. The molecular formula is C9H11ClN2O3S. The van der Waals surface area contributed by atoms with Crippen LogP contribution in [0.25, 0.3) is 0 Å². The Balaban J connectivity index is 3.08. The number of rotatable bonds is 5. The van der Waals surface area contributed by atoms with Gasteiger partial charge in [-0.1, -0.05) is 11.6 Å². The van der Waals surface area contributed by atoms with Crippen molar-refractivity contribution in [3.8, 4) is 0 Å². The lowest BCUT2D eigenvalue weighted by Gasteiger charge is -2.26. The maximum absolute atomic E-state index is 11.1. The van der Waals surface area contributed by atoms with Crippen molar-refractivity contribution in [3.05, 3.63) is 15.5 Å². The Morgan fingerprint density at radius 2 is 2.31 bits per heavy atom. The molecule has 1 N–H and O–H groups in total. The van der Waals surface area contributed by atoms with E-state index in [1.807, 2.05) is 0 Å². The van der Waals surface area contributed by atoms with E-state index < -0.39 is 12.0 Å². The molecule has 0 saturated carbocycles. The molecule has 0 aromatic carbocycles. The molecule has 0 bridgehead atoms. The summed E-state index contributed by atoms with van der Waals surface area (Å²) in [7, 11) is 0. The number of hydrogen-bond donors (Lipinski definition) is 1. The summed E-state index contributed by atoms with van der Waals surface area (Å²) in [6.45, 7) is 3.47. The molecule has 1 unspecified atom stereocenters. The van der Waals surface area contributed by atoms with Crippen LogP contribution in [0.2, 0.25) is 4.34 Å². The van der Waals surface area contributed by atoms with Gasteiger partial charge in [0.05, 0.1) is 6.20 Å². The Morgan fingerprint density at radius 1 is 1.69 bits per heavy atom. The largest absolute Gasteiger partial charge is 0.479 e. The number of nitrogens with zero attached hydrogens (tertiary/aromatic N) is 2. The number of hydrogen-bond acceptors (Lipinski definition) is 4. The van der Waals surface area contributed by atoms with Gasteiger partial charge in [0.2, 0.25) is 6.41 Å². The van der Waals surface area contributed by atoms with Crippen molar-refractivity contribution in [1.82, 2.24) is 9.88 Å². The monoisotopic (exact) mass is 262 g/mol. The first-order valence-corrected chi connectivity index (χ1v) is 5.73. The highest BCUT2D eigenvalue weighted by Crippen LogP contribution is 2.28. The van der Waals surface area contributed by atoms with Gasteiger partial charge in [-0.05, 0) is 13.8 Å². The number of carboxylic acids is 1. The first-order valence-electron chi connectivity index (χ1n) is 4.54. The van der Waals surface area contributed by atoms with Crippen molar-refractivity contribution in [3.63, 3.8) is 0 Å². The van der Waals surface area contributed by atoms with E-state index >= 15 is 0 Å². The SMILES string of the molecule is CC(C)N(C=O)C(C(=O)O)c1ncc(Cl)s1. The smallest absolute Gasteiger partial charge is 0.333 e. The van der Waals surface area contributed by atoms with Crippen LogP contribution in [-0.2, 0) is 9.59 Å². The average Bonchev–Trinajstić information content (AvgIpc) is 2.59. The maximum Gasteiger partial charge on any atom is 0.333 e. The number of carboxylic acid groups (broad SMARTS) is 1. The van der Waals surface area contributed by atoms with Crippen LogP contribution in [-0.4, -0.2) is 33.4 Å². The van der Waals surface area contributed by atoms with Crippen LogP contribution in [0.5, 0.6) is 0 Å². The highest BCUT2D eigenvalue weighted by molar-refractivity contribution is 7.16. The molecule has 0 fully saturated rings. The van der Waals surface area contributed by atoms with E-state index in [9.17, 15) is 9.59 Å². The zero-order chi connectivity index (χ0) is 12.3. The fourth-order valence-electron chi connectivity index (χ4n) is 1.23. The Labute approximate surface area is 102 Å². The third kappa shape index (κ3) is 2.70. The predicted octanol–water partition coefficient (Wildman–Crippen LogP) is 1.79. The van der Waals surface area contributed by atoms with Gasteiger partial charge in [0.25, 0.3) is 0 Å². The van der Waals surface area contributed by atoms with Gasteiger partial charge in [-0.3, -0.25) is 4.79 Å². The van der Waals surface area contributed by atoms with E-state index in [2.05, 4.69) is 4.98 Å². The Kier molecular flexibility index (Phi) is 4.26. The van der Waals surface area contributed by atoms with Gasteiger partial charge in [0, 0.05) is 6.04 Å². The summed E-state index contributed by atoms with van der Waals surface area (Å²) in [6.07, 6.45) is 1.89. The van der Waals surface area contributed by atoms with Crippen molar-refractivity contribution in [2.24, 2.45) is 0 Å². The Hall–Kier alpha value is -1.14. The minimum absolute atomic E-state index is 0.221. The quantitative estimate of drug-likeness (QED) is 0.822. The summed E-state index contributed by atoms with van der Waals surface area (Å²) in [5, 5.41) is 9.41. The molecule has 1 rings (SSSR count). The second kappa shape index (κ2) is 5.27. The second-order valence-corrected chi connectivity index (χ2v) is 5.08. The molecule has 16 heavy (non-hydrogen) atoms. The average molecular weight is 263 g/mol. The van der Waals surface area contributed by atoms with Crippen molar-refractivity contribution in [1.29, 1.82) is 0 Å². The van der Waals surface area contributed by atoms with Crippen LogP contribution in [0.15, 0.2) is 6.20 Å². The first-order chi connectivity index (χ1) is 7.47. The number of aromatic nitrogens is 1. The molecule has 0 aliphatic heterocycles. The highest BCUT2D eigenvalue weighted by Gasteiger charge is 2.30. The molecule has 0 spiro atoms. The fourth-order valence-corrected chi connectivity index (χ4v) is 2.27. The summed E-state index contributed by atoms with van der Waals surface area (Å²) < 4.78 is 0.399. The maximum atomic E-state index is 11.1. The van der Waals surface area contributed by atoms with E-state index in [0.717, 1.165) is 11.3 Å². The number of carbonyl (C=O) groups is 2. The Bertz CT molecular complexity index is 394. The molecule has 1 amide bonds. The first kappa shape index (κ1) is 12.9. The minimum atomic E-state index is -1.12. The molecule has 7 heteroatoms. The summed E-state index contributed by atoms with van der Waals surface area (Å²) in [4.78, 5) is 27.1. The molecule has 1 atom stereocenters. The van der Waals surface area contributed by atoms with E-state index in [1.165, 1.54) is 11.1 Å². The number of thiazole rings is 1. The summed E-state index contributed by atoms with van der Waals surface area (Å²) in [6, 6.07) is -1.30. The molecular weight excluding hydrogens is 252 g/mol. The number of carbonyl (C=O) groups excluding carboxylic acids is 1. The number of halogens is 1. The summed E-state index contributed by atoms with van der Waals surface area (Å²) in [5.41, 5.74) is 0. The van der Waals surface area contributed by atoms with E-state index in [-0.39, 0.29) is 6.04 Å². The lowest BCUT2D eigenvalue weighted by molar-refractivity contribution is -0.147. The molecule has 0 saturated heterocycles. The van der Waals surface area contributed by atoms with Crippen LogP contribution in [0.3, 0.4) is 0 Å². The van der Waals surface area contributed by atoms with Crippen molar-refractivity contribution >= 4 is 35.3 Å². The molecule has 5 nitrogen and oxygen atoms in total. The van der Waals surface area contributed by atoms with Gasteiger partial charge in [-0.15, -0.1) is 11.3 Å². The third-order valence-electron chi connectivity index (χ3n) is 1.98. The normalized spacial score (nSPS) is 12.5. The van der Waals surface area contributed by atoms with Crippen LogP contribution < -0.4 is 0 Å². The predicted molar refractivity (Wildman–Crippen MR) is 60.5 cm³/mol. The van der Waals surface area contributed by atoms with Gasteiger partial charge in [0.15, 0.2) is 6.04 Å². The van der Waals surface area contributed by atoms with Gasteiger partial charge in [-0.2, -0.15) is 0 Å². The van der Waals surface area contributed by atoms with Crippen LogP contribution >= 0.6 is 22.9 Å². The van der Waals surface area contributed by atoms with Gasteiger partial charge in [0.1, 0.15) is 9.34 Å². The van der Waals surface area contributed by atoms with E-state index in [1.54, 1.807) is 13.8 Å². The van der Waals surface area contributed by atoms with Crippen molar-refractivity contribution < 1.29 is 14.7 Å². The lowest BCUT2D eigenvalue weighted by Crippen LogP contribution is -2.37. The molecule has 1 aromatic rings. The van der Waals surface area contributed by atoms with Gasteiger partial charge in [-0.25, -0.2) is 9.78 Å². The fraction of sp³-hybridized carbons (Fsp3) is 0.444. The minimum Gasteiger partial charge on any atom is -0.479 e. The van der Waals surface area contributed by atoms with Crippen LogP contribution in [0.1, 0.15) is 24.9 Å². The molecule has 0 aliphatic rings. The Morgan fingerprint density at radius 3 is 2.62 bits per heavy atom. The molecule has 88 valence electrons. The lowest BCUT2D eigenvalue weighted by atomic mass is 10.2. The van der Waals surface area contributed by atoms with Crippen molar-refractivity contribution in [2.75, 3.05) is 0 Å². The summed E-state index contributed by atoms with van der Waals surface area (Å²) >= 11 is 6.75. The van der Waals surface area contributed by atoms with Crippen LogP contribution in [0.4, 0.5) is 0 Å². The molecule has 0 radical (unpaired) electrons. The molecule has 1 heterocycles. The highest BCUT2D eigenvalue weighted by atomic mass is 35.5. The number of amides is 1. The van der Waals surface area contributed by atoms with E-state index in [4.69, 9.17) is 16.7 Å². The molecule has 1 aromatic heterocycles. The number of aliphatic carboxylic acids is 1. The van der Waals surface area contributed by atoms with Gasteiger partial charge >= 0.3 is 5.97 Å². The zero-order valence-electron chi connectivity index (χ0n) is 8.75. The topological polar surface area (TPSA) is 70.5 Å². The summed E-state index contributed by atoms with van der Waals surface area (Å²) in [5.74, 6) is -1.12. The van der Waals surface area contributed by atoms with Crippen LogP contribution in [0, 0.1) is 0 Å². The molecule has 0 aliphatic carbocycles. The van der Waals surface area contributed by atoms with Crippen molar-refractivity contribution in [2.45, 2.75) is 25.9 Å².